The molecule has 1 fully saturated rings. The molecule has 0 saturated carbocycles. The van der Waals surface area contributed by atoms with Gasteiger partial charge in [0.1, 0.15) is 5.82 Å². The summed E-state index contributed by atoms with van der Waals surface area (Å²) in [7, 11) is 4.19. The number of piperidine rings is 1. The molecule has 17 heavy (non-hydrogen) atoms. The molecule has 1 aromatic rings. The summed E-state index contributed by atoms with van der Waals surface area (Å²) in [5.74, 6) is 0.513. The molecule has 1 heterocycles. The van der Waals surface area contributed by atoms with Crippen LogP contribution in [0.1, 0.15) is 12.0 Å². The minimum Gasteiger partial charge on any atom is -0.316 e. The lowest BCUT2D eigenvalue weighted by atomic mass is 9.89. The van der Waals surface area contributed by atoms with Crippen LogP contribution in [0.2, 0.25) is 0 Å². The van der Waals surface area contributed by atoms with Crippen LogP contribution in [0.25, 0.3) is 0 Å². The first-order valence-electron chi connectivity index (χ1n) is 6.27. The molecule has 1 aliphatic heterocycles. The van der Waals surface area contributed by atoms with Crippen molar-refractivity contribution in [2.24, 2.45) is 5.92 Å². The van der Waals surface area contributed by atoms with E-state index >= 15 is 0 Å². The number of benzene rings is 1. The van der Waals surface area contributed by atoms with Crippen LogP contribution in [0.3, 0.4) is 0 Å². The van der Waals surface area contributed by atoms with Gasteiger partial charge in [-0.2, -0.15) is 0 Å². The monoisotopic (exact) mass is 236 g/mol. The van der Waals surface area contributed by atoms with Gasteiger partial charge in [-0.3, -0.25) is 0 Å². The summed E-state index contributed by atoms with van der Waals surface area (Å²) in [5.41, 5.74) is 1.24. The van der Waals surface area contributed by atoms with Gasteiger partial charge >= 0.3 is 0 Å². The molecule has 1 saturated heterocycles. The first-order chi connectivity index (χ1) is 8.17. The Morgan fingerprint density at radius 3 is 2.65 bits per heavy atom. The van der Waals surface area contributed by atoms with Crippen LogP contribution in [-0.4, -0.2) is 38.1 Å². The van der Waals surface area contributed by atoms with Gasteiger partial charge in [0.15, 0.2) is 0 Å². The van der Waals surface area contributed by atoms with Crippen molar-refractivity contribution >= 4 is 0 Å². The van der Waals surface area contributed by atoms with Gasteiger partial charge in [-0.1, -0.05) is 12.1 Å². The van der Waals surface area contributed by atoms with Gasteiger partial charge in [0.2, 0.25) is 0 Å². The average Bonchev–Trinajstić information content (AvgIpc) is 2.31. The highest BCUT2D eigenvalue weighted by molar-refractivity contribution is 5.16. The predicted octanol–water partition coefficient (Wildman–Crippen LogP) is 1.91. The van der Waals surface area contributed by atoms with Crippen molar-refractivity contribution in [3.8, 4) is 0 Å². The van der Waals surface area contributed by atoms with Crippen LogP contribution in [0, 0.1) is 11.7 Å². The Bertz CT molecular complexity index is 350. The lowest BCUT2D eigenvalue weighted by Gasteiger charge is -2.35. The molecule has 0 radical (unpaired) electrons. The maximum absolute atomic E-state index is 12.8. The zero-order valence-electron chi connectivity index (χ0n) is 10.6. The Kier molecular flexibility index (Phi) is 4.13. The van der Waals surface area contributed by atoms with E-state index in [4.69, 9.17) is 0 Å². The van der Waals surface area contributed by atoms with E-state index in [1.165, 1.54) is 12.0 Å². The zero-order valence-corrected chi connectivity index (χ0v) is 10.6. The van der Waals surface area contributed by atoms with Crippen LogP contribution in [0.15, 0.2) is 24.3 Å². The maximum Gasteiger partial charge on any atom is 0.123 e. The van der Waals surface area contributed by atoms with Crippen molar-refractivity contribution in [3.63, 3.8) is 0 Å². The van der Waals surface area contributed by atoms with Gasteiger partial charge < -0.3 is 10.2 Å². The topological polar surface area (TPSA) is 15.3 Å². The molecular formula is C14H21FN2. The summed E-state index contributed by atoms with van der Waals surface area (Å²) in [6.45, 7) is 2.26. The van der Waals surface area contributed by atoms with Gasteiger partial charge in [-0.05, 0) is 50.6 Å². The third-order valence-electron chi connectivity index (χ3n) is 3.57. The maximum atomic E-state index is 12.8. The fourth-order valence-corrected chi connectivity index (χ4v) is 2.75. The number of nitrogens with zero attached hydrogens (tertiary/aromatic N) is 1. The molecule has 0 amide bonds. The number of likely N-dealkylation sites (tertiary alicyclic amines) is 1. The molecule has 1 aromatic carbocycles. The molecule has 0 bridgehead atoms. The molecule has 3 heteroatoms. The first kappa shape index (κ1) is 12.5. The van der Waals surface area contributed by atoms with E-state index in [2.05, 4.69) is 17.3 Å². The zero-order chi connectivity index (χ0) is 12.3. The smallest absolute Gasteiger partial charge is 0.123 e. The van der Waals surface area contributed by atoms with E-state index < -0.39 is 0 Å². The normalized spacial score (nSPS) is 26.1. The SMILES string of the molecule is CNC1CC(Cc2ccc(F)cc2)CN(C)C1. The number of hydrogen-bond acceptors (Lipinski definition) is 2. The molecule has 2 unspecified atom stereocenters. The molecule has 2 rings (SSSR count). The number of hydrogen-bond donors (Lipinski definition) is 1. The number of nitrogens with one attached hydrogen (secondary N) is 1. The van der Waals surface area contributed by atoms with Gasteiger partial charge in [0.05, 0.1) is 0 Å². The van der Waals surface area contributed by atoms with Crippen LogP contribution in [-0.2, 0) is 6.42 Å². The summed E-state index contributed by atoms with van der Waals surface area (Å²) in [6, 6.07) is 7.49. The third-order valence-corrected chi connectivity index (χ3v) is 3.57. The van der Waals surface area contributed by atoms with Crippen LogP contribution in [0.5, 0.6) is 0 Å². The lowest BCUT2D eigenvalue weighted by molar-refractivity contribution is 0.173. The average molecular weight is 236 g/mol. The number of halogens is 1. The predicted molar refractivity (Wildman–Crippen MR) is 68.6 cm³/mol. The van der Waals surface area contributed by atoms with E-state index in [0.29, 0.717) is 12.0 Å². The largest absolute Gasteiger partial charge is 0.316 e. The van der Waals surface area contributed by atoms with Gasteiger partial charge in [-0.15, -0.1) is 0 Å². The van der Waals surface area contributed by atoms with E-state index in [-0.39, 0.29) is 5.82 Å². The summed E-state index contributed by atoms with van der Waals surface area (Å²) >= 11 is 0. The molecular weight excluding hydrogens is 215 g/mol. The Labute approximate surface area is 103 Å². The molecule has 0 aromatic heterocycles. The molecule has 2 atom stereocenters. The molecule has 2 nitrogen and oxygen atoms in total. The second kappa shape index (κ2) is 5.61. The van der Waals surface area contributed by atoms with Crippen molar-refractivity contribution in [3.05, 3.63) is 35.6 Å². The summed E-state index contributed by atoms with van der Waals surface area (Å²) in [5, 5.41) is 3.36. The first-order valence-corrected chi connectivity index (χ1v) is 6.27. The van der Waals surface area contributed by atoms with Crippen LogP contribution >= 0.6 is 0 Å². The van der Waals surface area contributed by atoms with E-state index in [1.54, 1.807) is 12.1 Å². The van der Waals surface area contributed by atoms with Crippen molar-refractivity contribution in [1.29, 1.82) is 0 Å². The minimum absolute atomic E-state index is 0.150. The second-order valence-corrected chi connectivity index (χ2v) is 5.14. The quantitative estimate of drug-likeness (QED) is 0.862. The van der Waals surface area contributed by atoms with E-state index in [0.717, 1.165) is 19.5 Å². The molecule has 94 valence electrons. The van der Waals surface area contributed by atoms with Crippen LogP contribution < -0.4 is 5.32 Å². The fraction of sp³-hybridized carbons (Fsp3) is 0.571. The fourth-order valence-electron chi connectivity index (χ4n) is 2.75. The number of rotatable bonds is 3. The van der Waals surface area contributed by atoms with Crippen molar-refractivity contribution in [2.45, 2.75) is 18.9 Å². The lowest BCUT2D eigenvalue weighted by Crippen LogP contribution is -2.46. The highest BCUT2D eigenvalue weighted by Crippen LogP contribution is 2.20. The van der Waals surface area contributed by atoms with Gasteiger partial charge in [-0.25, -0.2) is 4.39 Å². The van der Waals surface area contributed by atoms with Crippen LogP contribution in [0.4, 0.5) is 4.39 Å². The molecule has 1 N–H and O–H groups in total. The van der Waals surface area contributed by atoms with Gasteiger partial charge in [0, 0.05) is 19.1 Å². The highest BCUT2D eigenvalue weighted by Gasteiger charge is 2.24. The Morgan fingerprint density at radius 1 is 1.29 bits per heavy atom. The second-order valence-electron chi connectivity index (χ2n) is 5.14. The Morgan fingerprint density at radius 2 is 2.00 bits per heavy atom. The van der Waals surface area contributed by atoms with Crippen molar-refractivity contribution < 1.29 is 4.39 Å². The molecule has 0 aliphatic carbocycles. The Balaban J connectivity index is 1.95. The highest BCUT2D eigenvalue weighted by atomic mass is 19.1. The molecule has 0 spiro atoms. The van der Waals surface area contributed by atoms with E-state index in [9.17, 15) is 4.39 Å². The van der Waals surface area contributed by atoms with Crippen molar-refractivity contribution in [1.82, 2.24) is 10.2 Å². The van der Waals surface area contributed by atoms with Gasteiger partial charge in [0.25, 0.3) is 0 Å². The summed E-state index contributed by atoms with van der Waals surface area (Å²) in [4.78, 5) is 2.37. The molecule has 1 aliphatic rings. The summed E-state index contributed by atoms with van der Waals surface area (Å²) < 4.78 is 12.8. The Hall–Kier alpha value is -0.930. The van der Waals surface area contributed by atoms with E-state index in [1.807, 2.05) is 19.2 Å². The number of likely N-dealkylation sites (N-methyl/N-ethyl adjacent to an activating group) is 2. The summed E-state index contributed by atoms with van der Waals surface area (Å²) in [6.07, 6.45) is 2.25. The minimum atomic E-state index is -0.150. The van der Waals surface area contributed by atoms with Crippen molar-refractivity contribution in [2.75, 3.05) is 27.2 Å². The standard InChI is InChI=1S/C14H21FN2/c1-16-14-8-12(9-17(2)10-14)7-11-3-5-13(15)6-4-11/h3-6,12,14,16H,7-10H2,1-2H3. The third kappa shape index (κ3) is 3.51.